The van der Waals surface area contributed by atoms with E-state index in [2.05, 4.69) is 35.9 Å². The van der Waals surface area contributed by atoms with Gasteiger partial charge in [0.15, 0.2) is 0 Å². The normalized spacial score (nSPS) is 15.4. The molecule has 7 heteroatoms. The zero-order valence-electron chi connectivity index (χ0n) is 20.4. The van der Waals surface area contributed by atoms with Crippen molar-refractivity contribution in [2.75, 3.05) is 38.1 Å². The minimum atomic E-state index is -0.302. The number of amides is 1. The lowest BCUT2D eigenvalue weighted by atomic mass is 10.0. The number of rotatable bonds is 7. The van der Waals surface area contributed by atoms with Gasteiger partial charge in [-0.05, 0) is 63.7 Å². The van der Waals surface area contributed by atoms with Crippen LogP contribution in [0.5, 0.6) is 0 Å². The number of carbonyl (C=O) groups excluding carboxylic acids is 1. The predicted octanol–water partition coefficient (Wildman–Crippen LogP) is 4.98. The lowest BCUT2D eigenvalue weighted by Gasteiger charge is -2.33. The average molecular weight is 465 g/mol. The van der Waals surface area contributed by atoms with Crippen LogP contribution < -0.4 is 4.90 Å². The van der Waals surface area contributed by atoms with Crippen LogP contribution in [0.3, 0.4) is 0 Å². The van der Waals surface area contributed by atoms with Crippen LogP contribution in [0.4, 0.5) is 10.3 Å². The molecule has 2 heterocycles. The maximum Gasteiger partial charge on any atom is 0.254 e. The summed E-state index contributed by atoms with van der Waals surface area (Å²) in [6.07, 6.45) is 0.818. The maximum atomic E-state index is 13.7. The number of hydrogen-bond donors (Lipinski definition) is 0. The summed E-state index contributed by atoms with van der Waals surface area (Å²) in [5, 5.41) is 4.40. The minimum absolute atomic E-state index is 0.0179. The number of anilines is 1. The fraction of sp³-hybridized carbons (Fsp3) is 0.407. The van der Waals surface area contributed by atoms with E-state index < -0.39 is 0 Å². The van der Waals surface area contributed by atoms with E-state index in [1.54, 1.807) is 12.1 Å². The van der Waals surface area contributed by atoms with E-state index in [0.717, 1.165) is 49.3 Å². The Labute approximate surface area is 200 Å². The summed E-state index contributed by atoms with van der Waals surface area (Å²) in [5.41, 5.74) is 4.00. The number of hydrogen-bond acceptors (Lipinski definition) is 5. The quantitative estimate of drug-likeness (QED) is 0.494. The van der Waals surface area contributed by atoms with Gasteiger partial charge in [-0.2, -0.15) is 0 Å². The van der Waals surface area contributed by atoms with Crippen LogP contribution >= 0.6 is 0 Å². The van der Waals surface area contributed by atoms with Crippen LogP contribution in [0.2, 0.25) is 0 Å². The SMILES string of the molecule is CC[C@@H](C)N(Cc1c(-c2ccc(F)cc2)noc1N1CCN(C)CC1)C(=O)c1cccc(C)c1. The molecule has 2 aromatic carbocycles. The number of nitrogens with zero attached hydrogens (tertiary/aromatic N) is 4. The number of aromatic nitrogens is 1. The molecule has 0 saturated carbocycles. The van der Waals surface area contributed by atoms with Crippen molar-refractivity contribution in [3.63, 3.8) is 0 Å². The van der Waals surface area contributed by atoms with Crippen molar-refractivity contribution < 1.29 is 13.7 Å². The molecule has 4 rings (SSSR count). The number of carbonyl (C=O) groups is 1. The Balaban J connectivity index is 1.75. The van der Waals surface area contributed by atoms with Gasteiger partial charge >= 0.3 is 0 Å². The van der Waals surface area contributed by atoms with Crippen molar-refractivity contribution in [3.05, 3.63) is 71.0 Å². The smallest absolute Gasteiger partial charge is 0.254 e. The number of benzene rings is 2. The van der Waals surface area contributed by atoms with E-state index in [0.29, 0.717) is 23.7 Å². The van der Waals surface area contributed by atoms with Gasteiger partial charge in [0.25, 0.3) is 5.91 Å². The summed E-state index contributed by atoms with van der Waals surface area (Å²) in [6, 6.07) is 14.0. The van der Waals surface area contributed by atoms with Crippen LogP contribution in [0.15, 0.2) is 53.1 Å². The largest absolute Gasteiger partial charge is 0.338 e. The Morgan fingerprint density at radius 1 is 1.15 bits per heavy atom. The summed E-state index contributed by atoms with van der Waals surface area (Å²) >= 11 is 0. The molecule has 0 bridgehead atoms. The second kappa shape index (κ2) is 10.4. The molecule has 0 radical (unpaired) electrons. The maximum absolute atomic E-state index is 13.7. The lowest BCUT2D eigenvalue weighted by molar-refractivity contribution is 0.0672. The molecule has 180 valence electrons. The number of halogens is 1. The molecule has 0 unspecified atom stereocenters. The highest BCUT2D eigenvalue weighted by atomic mass is 19.1. The van der Waals surface area contributed by atoms with Crippen molar-refractivity contribution >= 4 is 11.8 Å². The Morgan fingerprint density at radius 2 is 1.85 bits per heavy atom. The Morgan fingerprint density at radius 3 is 2.50 bits per heavy atom. The van der Waals surface area contributed by atoms with Crippen molar-refractivity contribution in [2.24, 2.45) is 0 Å². The molecular formula is C27H33FN4O2. The molecule has 0 N–H and O–H groups in total. The van der Waals surface area contributed by atoms with Crippen molar-refractivity contribution in [1.29, 1.82) is 0 Å². The van der Waals surface area contributed by atoms with Gasteiger partial charge in [-0.25, -0.2) is 4.39 Å². The van der Waals surface area contributed by atoms with Crippen molar-refractivity contribution in [2.45, 2.75) is 39.8 Å². The summed E-state index contributed by atoms with van der Waals surface area (Å²) < 4.78 is 19.5. The highest BCUT2D eigenvalue weighted by Crippen LogP contribution is 2.34. The average Bonchev–Trinajstić information content (AvgIpc) is 3.26. The van der Waals surface area contributed by atoms with E-state index in [4.69, 9.17) is 4.52 Å². The molecule has 0 aliphatic carbocycles. The summed E-state index contributed by atoms with van der Waals surface area (Å²) in [5.74, 6) is 0.371. The van der Waals surface area contributed by atoms with Crippen LogP contribution in [-0.4, -0.2) is 60.1 Å². The second-order valence-electron chi connectivity index (χ2n) is 9.17. The van der Waals surface area contributed by atoms with Gasteiger partial charge in [0, 0.05) is 43.3 Å². The van der Waals surface area contributed by atoms with Crippen LogP contribution in [-0.2, 0) is 6.54 Å². The molecule has 1 aromatic heterocycles. The predicted molar refractivity (Wildman–Crippen MR) is 132 cm³/mol. The van der Waals surface area contributed by atoms with Crippen LogP contribution in [0, 0.1) is 12.7 Å². The van der Waals surface area contributed by atoms with E-state index in [1.165, 1.54) is 12.1 Å². The summed E-state index contributed by atoms with van der Waals surface area (Å²) in [6.45, 7) is 9.97. The number of likely N-dealkylation sites (N-methyl/N-ethyl adjacent to an activating group) is 1. The van der Waals surface area contributed by atoms with Crippen LogP contribution in [0.1, 0.15) is 41.8 Å². The van der Waals surface area contributed by atoms with Gasteiger partial charge in [-0.15, -0.1) is 0 Å². The zero-order chi connectivity index (χ0) is 24.2. The third kappa shape index (κ3) is 5.14. The third-order valence-corrected chi connectivity index (χ3v) is 6.65. The molecule has 6 nitrogen and oxygen atoms in total. The Kier molecular flexibility index (Phi) is 7.32. The van der Waals surface area contributed by atoms with E-state index in [9.17, 15) is 9.18 Å². The Hall–Kier alpha value is -3.19. The number of piperazine rings is 1. The first-order chi connectivity index (χ1) is 16.4. The molecule has 0 spiro atoms. The molecule has 1 atom stereocenters. The van der Waals surface area contributed by atoms with Crippen LogP contribution in [0.25, 0.3) is 11.3 Å². The van der Waals surface area contributed by atoms with E-state index in [1.807, 2.05) is 36.1 Å². The third-order valence-electron chi connectivity index (χ3n) is 6.65. The topological polar surface area (TPSA) is 52.8 Å². The first kappa shape index (κ1) is 24.0. The first-order valence-corrected chi connectivity index (χ1v) is 11.9. The van der Waals surface area contributed by atoms with Gasteiger partial charge in [0.2, 0.25) is 5.88 Å². The van der Waals surface area contributed by atoms with Crippen molar-refractivity contribution in [3.8, 4) is 11.3 Å². The molecule has 3 aromatic rings. The fourth-order valence-corrected chi connectivity index (χ4v) is 4.30. The lowest BCUT2D eigenvalue weighted by Crippen LogP contribution is -2.45. The zero-order valence-corrected chi connectivity index (χ0v) is 20.4. The molecule has 34 heavy (non-hydrogen) atoms. The van der Waals surface area contributed by atoms with E-state index >= 15 is 0 Å². The number of aryl methyl sites for hydroxylation is 1. The molecule has 1 saturated heterocycles. The molecule has 1 aliphatic rings. The van der Waals surface area contributed by atoms with Gasteiger partial charge in [-0.3, -0.25) is 4.79 Å². The van der Waals surface area contributed by atoms with Gasteiger partial charge in [-0.1, -0.05) is 29.8 Å². The van der Waals surface area contributed by atoms with Gasteiger partial charge in [0.05, 0.1) is 12.1 Å². The summed E-state index contributed by atoms with van der Waals surface area (Å²) in [7, 11) is 2.10. The highest BCUT2D eigenvalue weighted by molar-refractivity contribution is 5.94. The fourth-order valence-electron chi connectivity index (χ4n) is 4.30. The monoisotopic (exact) mass is 464 g/mol. The standard InChI is InChI=1S/C27H33FN4O2/c1-5-20(3)32(26(33)22-8-6-7-19(2)17-22)18-24-25(21-9-11-23(28)12-10-21)29-34-27(24)31-15-13-30(4)14-16-31/h6-12,17,20H,5,13-16,18H2,1-4H3/t20-/m1/s1. The molecule has 1 amide bonds. The van der Waals surface area contributed by atoms with E-state index in [-0.39, 0.29) is 17.8 Å². The molecule has 1 fully saturated rings. The van der Waals surface area contributed by atoms with Gasteiger partial charge in [0.1, 0.15) is 11.5 Å². The molecular weight excluding hydrogens is 431 g/mol. The Bertz CT molecular complexity index is 1120. The summed E-state index contributed by atoms with van der Waals surface area (Å²) in [4.78, 5) is 20.0. The second-order valence-corrected chi connectivity index (χ2v) is 9.17. The van der Waals surface area contributed by atoms with Gasteiger partial charge < -0.3 is 19.2 Å². The molecule has 1 aliphatic heterocycles. The van der Waals surface area contributed by atoms with Crippen molar-refractivity contribution in [1.82, 2.24) is 15.0 Å². The minimum Gasteiger partial charge on any atom is -0.338 e. The first-order valence-electron chi connectivity index (χ1n) is 11.9. The highest BCUT2D eigenvalue weighted by Gasteiger charge is 2.29.